The molecule has 10 aromatic carbocycles. The first-order chi connectivity index (χ1) is 32.2. The molecule has 2 aromatic heterocycles. The highest BCUT2D eigenvalue weighted by molar-refractivity contribution is 7.26. The number of hydrogen-bond acceptors (Lipinski definition) is 3. The Hall–Kier alpha value is -7.50. The van der Waals surface area contributed by atoms with Crippen LogP contribution in [0.5, 0.6) is 0 Å². The van der Waals surface area contributed by atoms with Gasteiger partial charge < -0.3 is 4.81 Å². The smallest absolute Gasteiger partial charge is 0.329 e. The summed E-state index contributed by atoms with van der Waals surface area (Å²) in [7, 11) is 0. The van der Waals surface area contributed by atoms with Gasteiger partial charge in [0.15, 0.2) is 0 Å². The van der Waals surface area contributed by atoms with Crippen LogP contribution in [-0.4, -0.2) is 6.85 Å². The highest BCUT2D eigenvalue weighted by Crippen LogP contribution is 2.50. The third-order valence-electron chi connectivity index (χ3n) is 14.5. The largest absolute Gasteiger partial charge is 0.376 e. The predicted octanol–water partition coefficient (Wildman–Crippen LogP) is 15.9. The fourth-order valence-electron chi connectivity index (χ4n) is 11.4. The molecule has 15 rings (SSSR count). The first-order valence-electron chi connectivity index (χ1n) is 22.5. The topological polar surface area (TPSA) is 3.24 Å². The SMILES string of the molecule is c1ccc2c(c1)Cc1ccc(-c3ccc4c(c3)-c3ccccc3B3c5ccc(-c6ccc7sc8ccccc8c7c6)cc5-c5cc(-c6ccc7sc8ccccc8c7c6)ccc5N34)cc1-2. The van der Waals surface area contributed by atoms with E-state index in [-0.39, 0.29) is 6.85 Å². The Bertz CT molecular complexity index is 4020. The predicted molar refractivity (Wildman–Crippen MR) is 281 cm³/mol. The fraction of sp³-hybridized carbons (Fsp3) is 0.0164. The second kappa shape index (κ2) is 13.5. The average Bonchev–Trinajstić information content (AvgIpc) is 4.06. The van der Waals surface area contributed by atoms with Gasteiger partial charge >= 0.3 is 6.85 Å². The van der Waals surface area contributed by atoms with Gasteiger partial charge in [-0.2, -0.15) is 0 Å². The van der Waals surface area contributed by atoms with Gasteiger partial charge in [0.2, 0.25) is 0 Å². The molecule has 4 heterocycles. The Kier molecular flexibility index (Phi) is 7.46. The number of benzene rings is 10. The van der Waals surface area contributed by atoms with E-state index >= 15 is 0 Å². The van der Waals surface area contributed by atoms with Crippen LogP contribution in [-0.2, 0) is 6.42 Å². The summed E-state index contributed by atoms with van der Waals surface area (Å²) in [6.07, 6.45) is 1.00. The molecular formula is C61H36BNS2. The molecule has 0 unspecified atom stereocenters. The lowest BCUT2D eigenvalue weighted by Crippen LogP contribution is -2.59. The molecule has 0 N–H and O–H groups in total. The van der Waals surface area contributed by atoms with E-state index in [4.69, 9.17) is 0 Å². The van der Waals surface area contributed by atoms with Crippen molar-refractivity contribution in [3.63, 3.8) is 0 Å². The van der Waals surface area contributed by atoms with E-state index in [9.17, 15) is 0 Å². The summed E-state index contributed by atoms with van der Waals surface area (Å²) in [4.78, 5) is 2.64. The molecule has 65 heavy (non-hydrogen) atoms. The molecule has 0 radical (unpaired) electrons. The van der Waals surface area contributed by atoms with Gasteiger partial charge in [-0.3, -0.25) is 0 Å². The highest BCUT2D eigenvalue weighted by atomic mass is 32.1. The average molecular weight is 858 g/mol. The quantitative estimate of drug-likeness (QED) is 0.160. The van der Waals surface area contributed by atoms with Crippen LogP contribution in [0, 0.1) is 0 Å². The van der Waals surface area contributed by atoms with E-state index in [0.717, 1.165) is 6.42 Å². The molecule has 1 nitrogen and oxygen atoms in total. The van der Waals surface area contributed by atoms with E-state index in [0.29, 0.717) is 0 Å². The van der Waals surface area contributed by atoms with Crippen molar-refractivity contribution in [2.45, 2.75) is 6.42 Å². The summed E-state index contributed by atoms with van der Waals surface area (Å²) in [6.45, 7) is 0.0141. The van der Waals surface area contributed by atoms with Crippen molar-refractivity contribution < 1.29 is 0 Å². The number of thiophene rings is 2. The van der Waals surface area contributed by atoms with E-state index in [1.54, 1.807) is 0 Å². The summed E-state index contributed by atoms with van der Waals surface area (Å²) in [5.41, 5.74) is 23.3. The van der Waals surface area contributed by atoms with Crippen molar-refractivity contribution in [2.75, 3.05) is 4.81 Å². The van der Waals surface area contributed by atoms with Gasteiger partial charge in [-0.25, -0.2) is 0 Å². The van der Waals surface area contributed by atoms with Gasteiger partial charge in [0.25, 0.3) is 0 Å². The van der Waals surface area contributed by atoms with Crippen molar-refractivity contribution in [2.24, 2.45) is 0 Å². The van der Waals surface area contributed by atoms with Gasteiger partial charge in [0, 0.05) is 62.8 Å². The van der Waals surface area contributed by atoms with Crippen LogP contribution in [0.1, 0.15) is 11.1 Å². The number of nitrogens with zero attached hydrogens (tertiary/aromatic N) is 1. The van der Waals surface area contributed by atoms with Crippen LogP contribution in [0.4, 0.5) is 11.4 Å². The molecule has 1 aliphatic carbocycles. The summed E-state index contributed by atoms with van der Waals surface area (Å²) >= 11 is 3.75. The molecule has 0 fully saturated rings. The molecule has 0 bridgehead atoms. The van der Waals surface area contributed by atoms with E-state index < -0.39 is 0 Å². The normalized spacial score (nSPS) is 13.1. The van der Waals surface area contributed by atoms with Crippen LogP contribution in [0.3, 0.4) is 0 Å². The third-order valence-corrected chi connectivity index (χ3v) is 16.8. The summed E-state index contributed by atoms with van der Waals surface area (Å²) < 4.78 is 5.33. The molecule has 0 saturated carbocycles. The maximum Gasteiger partial charge on any atom is 0.329 e. The van der Waals surface area contributed by atoms with E-state index in [1.165, 1.54) is 141 Å². The molecule has 0 saturated heterocycles. The van der Waals surface area contributed by atoms with Crippen LogP contribution < -0.4 is 15.7 Å². The lowest BCUT2D eigenvalue weighted by Gasteiger charge is -2.43. The molecule has 0 atom stereocenters. The third kappa shape index (κ3) is 5.27. The van der Waals surface area contributed by atoms with Gasteiger partial charge in [0.1, 0.15) is 0 Å². The molecule has 0 spiro atoms. The minimum absolute atomic E-state index is 0.0141. The van der Waals surface area contributed by atoms with Crippen LogP contribution >= 0.6 is 22.7 Å². The second-order valence-corrected chi connectivity index (χ2v) is 20.1. The number of rotatable bonds is 3. The van der Waals surface area contributed by atoms with Crippen LogP contribution in [0.2, 0.25) is 0 Å². The van der Waals surface area contributed by atoms with Crippen molar-refractivity contribution in [1.29, 1.82) is 0 Å². The Balaban J connectivity index is 0.927. The van der Waals surface area contributed by atoms with Crippen LogP contribution in [0.15, 0.2) is 206 Å². The number of hydrogen-bond donors (Lipinski definition) is 0. The maximum absolute atomic E-state index is 2.64. The second-order valence-electron chi connectivity index (χ2n) is 17.9. The van der Waals surface area contributed by atoms with E-state index in [2.05, 4.69) is 211 Å². The van der Waals surface area contributed by atoms with Gasteiger partial charge in [-0.05, 0) is 157 Å². The van der Waals surface area contributed by atoms with Gasteiger partial charge in [-0.15, -0.1) is 22.7 Å². The first-order valence-corrected chi connectivity index (χ1v) is 24.2. The Morgan fingerprint density at radius 3 is 1.43 bits per heavy atom. The lowest BCUT2D eigenvalue weighted by atomic mass is 9.43. The summed E-state index contributed by atoms with van der Waals surface area (Å²) in [6, 6.07) is 78.5. The zero-order valence-corrected chi connectivity index (χ0v) is 36.8. The van der Waals surface area contributed by atoms with Crippen molar-refractivity contribution in [3.05, 3.63) is 217 Å². The van der Waals surface area contributed by atoms with Crippen LogP contribution in [0.25, 0.3) is 107 Å². The number of anilines is 2. The standard InChI is InChI=1S/C61H36BNS2/c1-2-10-44-42(9-1)29-43-18-17-36(30-48(43)44)38-20-25-56-50(32-38)45-11-3-6-14-54(45)62-55-24-19-37(40-22-27-60-52(34-40)46-12-4-7-15-58(46)64-60)31-49(55)51-33-39(21-26-57(51)63(56)62)41-23-28-61-53(35-41)47-13-5-8-16-59(47)65-61/h1-28,30-35H,29H2. The maximum atomic E-state index is 2.64. The van der Waals surface area contributed by atoms with Gasteiger partial charge in [-0.1, -0.05) is 133 Å². The minimum atomic E-state index is 0.0141. The Morgan fingerprint density at radius 2 is 0.754 bits per heavy atom. The number of fused-ring (bicyclic) bond motifs is 20. The van der Waals surface area contributed by atoms with E-state index in [1.807, 2.05) is 22.7 Å². The zero-order valence-electron chi connectivity index (χ0n) is 35.2. The molecule has 300 valence electrons. The highest BCUT2D eigenvalue weighted by Gasteiger charge is 2.42. The molecule has 12 aromatic rings. The molecule has 4 heteroatoms. The van der Waals surface area contributed by atoms with Crippen molar-refractivity contribution in [3.8, 4) is 66.8 Å². The monoisotopic (exact) mass is 857 g/mol. The molecular weight excluding hydrogens is 822 g/mol. The van der Waals surface area contributed by atoms with Crippen molar-refractivity contribution >= 4 is 92.2 Å². The summed E-state index contributed by atoms with van der Waals surface area (Å²) in [5.74, 6) is 0. The Morgan fingerprint density at radius 1 is 0.308 bits per heavy atom. The minimum Gasteiger partial charge on any atom is -0.376 e. The Labute approximate surface area is 385 Å². The molecule has 2 aliphatic heterocycles. The first kappa shape index (κ1) is 35.9. The lowest BCUT2D eigenvalue weighted by molar-refractivity contribution is 1.26. The molecule has 0 amide bonds. The summed E-state index contributed by atoms with van der Waals surface area (Å²) in [5, 5.41) is 5.31. The van der Waals surface area contributed by atoms with Crippen molar-refractivity contribution in [1.82, 2.24) is 0 Å². The fourth-order valence-corrected chi connectivity index (χ4v) is 13.6. The zero-order chi connectivity index (χ0) is 42.3. The molecule has 3 aliphatic rings. The van der Waals surface area contributed by atoms with Gasteiger partial charge in [0.05, 0.1) is 0 Å².